The van der Waals surface area contributed by atoms with E-state index in [0.717, 1.165) is 11.3 Å². The van der Waals surface area contributed by atoms with Crippen molar-refractivity contribution in [2.75, 3.05) is 7.05 Å². The number of nitrogens with zero attached hydrogens (tertiary/aromatic N) is 1. The molecule has 2 N–H and O–H groups in total. The molecule has 0 saturated carbocycles. The maximum atomic E-state index is 12.2. The second-order valence-electron chi connectivity index (χ2n) is 6.01. The van der Waals surface area contributed by atoms with Gasteiger partial charge in [-0.3, -0.25) is 14.5 Å². The second kappa shape index (κ2) is 8.13. The van der Waals surface area contributed by atoms with E-state index in [9.17, 15) is 9.59 Å². The van der Waals surface area contributed by atoms with E-state index >= 15 is 0 Å². The molecule has 2 aromatic rings. The maximum Gasteiger partial charge on any atom is 0.261 e. The van der Waals surface area contributed by atoms with Crippen molar-refractivity contribution in [3.05, 3.63) is 68.6 Å². The number of carbonyl (C=O) groups excluding carboxylic acids is 1. The predicted octanol–water partition coefficient (Wildman–Crippen LogP) is 2.80. The number of halogens is 1. The molecule has 0 aliphatic carbocycles. The van der Waals surface area contributed by atoms with Crippen LogP contribution in [-0.4, -0.2) is 28.9 Å². The first-order valence-electron chi connectivity index (χ1n) is 7.82. The van der Waals surface area contributed by atoms with E-state index in [4.69, 9.17) is 11.6 Å². The van der Waals surface area contributed by atoms with Gasteiger partial charge in [0.25, 0.3) is 11.5 Å². The Hall–Kier alpha value is -2.11. The van der Waals surface area contributed by atoms with Crippen LogP contribution in [0.25, 0.3) is 0 Å². The van der Waals surface area contributed by atoms with Crippen LogP contribution in [0.2, 0.25) is 5.02 Å². The van der Waals surface area contributed by atoms with Gasteiger partial charge < -0.3 is 10.3 Å². The molecule has 1 amide bonds. The summed E-state index contributed by atoms with van der Waals surface area (Å²) in [6.45, 7) is 5.05. The van der Waals surface area contributed by atoms with E-state index < -0.39 is 5.91 Å². The topological polar surface area (TPSA) is 65.2 Å². The van der Waals surface area contributed by atoms with E-state index in [1.54, 1.807) is 18.2 Å². The zero-order chi connectivity index (χ0) is 17.7. The number of carbonyl (C=O) groups is 1. The summed E-state index contributed by atoms with van der Waals surface area (Å²) in [5.41, 5.74) is 1.29. The number of aromatic amines is 1. The highest BCUT2D eigenvalue weighted by Crippen LogP contribution is 2.14. The van der Waals surface area contributed by atoms with Crippen molar-refractivity contribution < 1.29 is 4.79 Å². The van der Waals surface area contributed by atoms with Gasteiger partial charge >= 0.3 is 0 Å². The first-order valence-corrected chi connectivity index (χ1v) is 8.20. The first kappa shape index (κ1) is 18.2. The van der Waals surface area contributed by atoms with E-state index in [2.05, 4.69) is 29.0 Å². The summed E-state index contributed by atoms with van der Waals surface area (Å²) < 4.78 is 0. The largest absolute Gasteiger partial charge is 0.348 e. The minimum absolute atomic E-state index is 0.0954. The van der Waals surface area contributed by atoms with Crippen molar-refractivity contribution >= 4 is 17.5 Å². The van der Waals surface area contributed by atoms with Gasteiger partial charge in [-0.2, -0.15) is 0 Å². The van der Waals surface area contributed by atoms with Crippen LogP contribution in [0.5, 0.6) is 0 Å². The average Bonchev–Trinajstić information content (AvgIpc) is 2.53. The van der Waals surface area contributed by atoms with Gasteiger partial charge in [-0.25, -0.2) is 0 Å². The third-order valence-corrected chi connectivity index (χ3v) is 4.28. The van der Waals surface area contributed by atoms with E-state index in [1.165, 1.54) is 0 Å². The molecule has 0 unspecified atom stereocenters. The summed E-state index contributed by atoms with van der Waals surface area (Å²) in [5.74, 6) is -0.417. The molecule has 6 heteroatoms. The number of H-pyrrole nitrogens is 1. The summed E-state index contributed by atoms with van der Waals surface area (Å²) in [5, 5.41) is 3.30. The summed E-state index contributed by atoms with van der Waals surface area (Å²) in [4.78, 5) is 29.2. The average molecular weight is 348 g/mol. The van der Waals surface area contributed by atoms with Crippen LogP contribution in [-0.2, 0) is 13.1 Å². The van der Waals surface area contributed by atoms with Crippen molar-refractivity contribution in [2.45, 2.75) is 33.0 Å². The monoisotopic (exact) mass is 347 g/mol. The lowest BCUT2D eigenvalue weighted by Gasteiger charge is -2.20. The van der Waals surface area contributed by atoms with Crippen LogP contribution in [0.4, 0.5) is 0 Å². The molecular weight excluding hydrogens is 326 g/mol. The van der Waals surface area contributed by atoms with Crippen molar-refractivity contribution in [2.24, 2.45) is 0 Å². The lowest BCUT2D eigenvalue weighted by Crippen LogP contribution is -2.31. The maximum absolute atomic E-state index is 12.2. The predicted molar refractivity (Wildman–Crippen MR) is 96.3 cm³/mol. The number of rotatable bonds is 6. The molecule has 0 spiro atoms. The molecule has 24 heavy (non-hydrogen) atoms. The SMILES string of the molecule is CC(C)N(C)Cc1ccc(C(=O)NCc2ccccc2Cl)c(=O)[nH]1. The zero-order valence-electron chi connectivity index (χ0n) is 14.1. The Bertz CT molecular complexity index is 771. The van der Waals surface area contributed by atoms with Crippen LogP contribution < -0.4 is 10.9 Å². The quantitative estimate of drug-likeness (QED) is 0.844. The number of amides is 1. The Balaban J connectivity index is 2.05. The molecular formula is C18H22ClN3O2. The molecule has 0 bridgehead atoms. The fraction of sp³-hybridized carbons (Fsp3) is 0.333. The normalized spacial score (nSPS) is 11.1. The summed E-state index contributed by atoms with van der Waals surface area (Å²) >= 11 is 6.06. The highest BCUT2D eigenvalue weighted by atomic mass is 35.5. The van der Waals surface area contributed by atoms with Gasteiger partial charge in [0.05, 0.1) is 0 Å². The molecule has 1 heterocycles. The number of aromatic nitrogens is 1. The number of pyridine rings is 1. The molecule has 0 aliphatic heterocycles. The van der Waals surface area contributed by atoms with Crippen molar-refractivity contribution in [1.29, 1.82) is 0 Å². The van der Waals surface area contributed by atoms with Gasteiger partial charge in [-0.05, 0) is 44.7 Å². The van der Waals surface area contributed by atoms with E-state index in [0.29, 0.717) is 17.6 Å². The van der Waals surface area contributed by atoms with E-state index in [-0.39, 0.29) is 17.7 Å². The number of benzene rings is 1. The fourth-order valence-electron chi connectivity index (χ4n) is 2.15. The lowest BCUT2D eigenvalue weighted by atomic mass is 10.2. The third kappa shape index (κ3) is 4.69. The standard InChI is InChI=1S/C18H22ClN3O2/c1-12(2)22(3)11-14-8-9-15(18(24)21-14)17(23)20-10-13-6-4-5-7-16(13)19/h4-9,12H,10-11H2,1-3H3,(H,20,23)(H,21,24). The Labute approximate surface area is 146 Å². The van der Waals surface area contributed by atoms with Crippen molar-refractivity contribution in [3.8, 4) is 0 Å². The molecule has 1 aromatic carbocycles. The lowest BCUT2D eigenvalue weighted by molar-refractivity contribution is 0.0949. The Morgan fingerprint density at radius 1 is 1.25 bits per heavy atom. The molecule has 5 nitrogen and oxygen atoms in total. The molecule has 128 valence electrons. The van der Waals surface area contributed by atoms with Crippen LogP contribution >= 0.6 is 11.6 Å². The molecule has 2 rings (SSSR count). The summed E-state index contributed by atoms with van der Waals surface area (Å²) in [7, 11) is 1.98. The van der Waals surface area contributed by atoms with Crippen LogP contribution in [0, 0.1) is 0 Å². The van der Waals surface area contributed by atoms with Gasteiger partial charge in [-0.15, -0.1) is 0 Å². The van der Waals surface area contributed by atoms with Gasteiger partial charge in [0.1, 0.15) is 5.56 Å². The van der Waals surface area contributed by atoms with Crippen LogP contribution in [0.3, 0.4) is 0 Å². The molecule has 0 radical (unpaired) electrons. The summed E-state index contributed by atoms with van der Waals surface area (Å²) in [6, 6.07) is 11.0. The molecule has 0 atom stereocenters. The zero-order valence-corrected chi connectivity index (χ0v) is 14.9. The van der Waals surface area contributed by atoms with Gasteiger partial charge in [0.2, 0.25) is 0 Å². The minimum atomic E-state index is -0.417. The number of hydrogen-bond donors (Lipinski definition) is 2. The van der Waals surface area contributed by atoms with Crippen LogP contribution in [0.1, 0.15) is 35.5 Å². The van der Waals surface area contributed by atoms with Gasteiger partial charge in [0, 0.05) is 29.8 Å². The molecule has 0 saturated heterocycles. The second-order valence-corrected chi connectivity index (χ2v) is 6.42. The van der Waals surface area contributed by atoms with Gasteiger partial charge in [0.15, 0.2) is 0 Å². The highest BCUT2D eigenvalue weighted by Gasteiger charge is 2.12. The molecule has 0 fully saturated rings. The number of hydrogen-bond acceptors (Lipinski definition) is 3. The van der Waals surface area contributed by atoms with Crippen molar-refractivity contribution in [1.82, 2.24) is 15.2 Å². The highest BCUT2D eigenvalue weighted by molar-refractivity contribution is 6.31. The third-order valence-electron chi connectivity index (χ3n) is 3.91. The summed E-state index contributed by atoms with van der Waals surface area (Å²) in [6.07, 6.45) is 0. The Kier molecular flexibility index (Phi) is 6.17. The van der Waals surface area contributed by atoms with E-state index in [1.807, 2.05) is 25.2 Å². The Morgan fingerprint density at radius 3 is 2.58 bits per heavy atom. The minimum Gasteiger partial charge on any atom is -0.348 e. The Morgan fingerprint density at radius 2 is 1.96 bits per heavy atom. The smallest absolute Gasteiger partial charge is 0.261 e. The molecule has 0 aliphatic rings. The number of nitrogens with one attached hydrogen (secondary N) is 2. The van der Waals surface area contributed by atoms with Gasteiger partial charge in [-0.1, -0.05) is 29.8 Å². The first-order chi connectivity index (χ1) is 11.4. The van der Waals surface area contributed by atoms with Crippen molar-refractivity contribution in [3.63, 3.8) is 0 Å². The molecule has 1 aromatic heterocycles. The van der Waals surface area contributed by atoms with Crippen LogP contribution in [0.15, 0.2) is 41.2 Å². The fourth-order valence-corrected chi connectivity index (χ4v) is 2.35.